The molecule has 0 atom stereocenters. The zero-order valence-electron chi connectivity index (χ0n) is 15.1. The lowest BCUT2D eigenvalue weighted by Gasteiger charge is -2.16. The Bertz CT molecular complexity index is 1150. The van der Waals surface area contributed by atoms with E-state index in [1.54, 1.807) is 24.3 Å². The molecule has 0 unspecified atom stereocenters. The second-order valence-electron chi connectivity index (χ2n) is 6.46. The highest BCUT2D eigenvalue weighted by Gasteiger charge is 2.22. The summed E-state index contributed by atoms with van der Waals surface area (Å²) in [5.41, 5.74) is 3.14. The van der Waals surface area contributed by atoms with Crippen LogP contribution in [-0.4, -0.2) is 20.6 Å². The Morgan fingerprint density at radius 3 is 2.71 bits per heavy atom. The maximum atomic E-state index is 12.7. The van der Waals surface area contributed by atoms with Crippen molar-refractivity contribution >= 4 is 33.0 Å². The van der Waals surface area contributed by atoms with Crippen molar-refractivity contribution in [1.82, 2.24) is 5.32 Å². The summed E-state index contributed by atoms with van der Waals surface area (Å²) in [7, 11) is -3.40. The van der Waals surface area contributed by atoms with Gasteiger partial charge in [-0.05, 0) is 29.8 Å². The minimum absolute atomic E-state index is 0.203. The molecule has 144 valence electrons. The number of nitrogens with one attached hydrogen (secondary N) is 2. The molecule has 0 aliphatic carbocycles. The van der Waals surface area contributed by atoms with Gasteiger partial charge in [0.2, 0.25) is 10.0 Å². The van der Waals surface area contributed by atoms with E-state index in [0.717, 1.165) is 28.0 Å². The first-order chi connectivity index (χ1) is 13.4. The molecule has 4 rings (SSSR count). The molecule has 8 heteroatoms. The summed E-state index contributed by atoms with van der Waals surface area (Å²) in [5.74, 6) is 0.621. The van der Waals surface area contributed by atoms with Crippen LogP contribution in [0.1, 0.15) is 20.8 Å². The summed E-state index contributed by atoms with van der Waals surface area (Å²) in [6.07, 6.45) is 1.10. The van der Waals surface area contributed by atoms with Gasteiger partial charge in [0.25, 0.3) is 5.91 Å². The van der Waals surface area contributed by atoms with Gasteiger partial charge in [-0.2, -0.15) is 0 Å². The van der Waals surface area contributed by atoms with Gasteiger partial charge in [0.1, 0.15) is 12.4 Å². The number of amides is 1. The van der Waals surface area contributed by atoms with Crippen LogP contribution in [0.4, 0.5) is 5.69 Å². The van der Waals surface area contributed by atoms with E-state index < -0.39 is 10.0 Å². The van der Waals surface area contributed by atoms with E-state index >= 15 is 0 Å². The lowest BCUT2D eigenvalue weighted by atomic mass is 10.1. The number of hydrogen-bond acceptors (Lipinski definition) is 5. The Labute approximate surface area is 167 Å². The molecular formula is C20H18N2O4S2. The summed E-state index contributed by atoms with van der Waals surface area (Å²) >= 11 is 1.43. The number of carbonyl (C=O) groups is 1. The third-order valence-corrected chi connectivity index (χ3v) is 6.10. The standard InChI is InChI=1S/C20H18N2O4S2/c1-28(24,25)22-16-8-4-2-6-13(16)11-21-20(23)18-10-14-12-26-17-9-5-3-7-15(17)19(14)27-18/h2-10,22H,11-12H2,1H3,(H,21,23). The van der Waals surface area contributed by atoms with Crippen molar-refractivity contribution in [3.8, 4) is 16.2 Å². The van der Waals surface area contributed by atoms with Crippen LogP contribution in [-0.2, 0) is 23.2 Å². The quantitative estimate of drug-likeness (QED) is 0.668. The number of sulfonamides is 1. The molecule has 2 N–H and O–H groups in total. The SMILES string of the molecule is CS(=O)(=O)Nc1ccccc1CNC(=O)c1cc2c(s1)-c1ccccc1OC2. The summed E-state index contributed by atoms with van der Waals surface area (Å²) in [5, 5.41) is 2.87. The lowest BCUT2D eigenvalue weighted by molar-refractivity contribution is 0.0955. The zero-order valence-corrected chi connectivity index (χ0v) is 16.7. The fourth-order valence-electron chi connectivity index (χ4n) is 3.05. The predicted octanol–water partition coefficient (Wildman–Crippen LogP) is 3.61. The van der Waals surface area contributed by atoms with Crippen LogP contribution >= 0.6 is 11.3 Å². The van der Waals surface area contributed by atoms with Crippen LogP contribution in [0.25, 0.3) is 10.4 Å². The topological polar surface area (TPSA) is 84.5 Å². The first-order valence-corrected chi connectivity index (χ1v) is 11.3. The van der Waals surface area contributed by atoms with Gasteiger partial charge in [0, 0.05) is 22.5 Å². The van der Waals surface area contributed by atoms with Crippen molar-refractivity contribution in [3.63, 3.8) is 0 Å². The smallest absolute Gasteiger partial charge is 0.261 e. The van der Waals surface area contributed by atoms with Crippen molar-refractivity contribution in [1.29, 1.82) is 0 Å². The first-order valence-electron chi connectivity index (χ1n) is 8.59. The molecule has 1 aliphatic heterocycles. The number of rotatable bonds is 5. The van der Waals surface area contributed by atoms with Crippen molar-refractivity contribution in [3.05, 3.63) is 70.6 Å². The second-order valence-corrected chi connectivity index (χ2v) is 9.26. The number of hydrogen-bond donors (Lipinski definition) is 2. The molecule has 28 heavy (non-hydrogen) atoms. The van der Waals surface area contributed by atoms with Crippen LogP contribution in [0.3, 0.4) is 0 Å². The van der Waals surface area contributed by atoms with Crippen molar-refractivity contribution in [2.45, 2.75) is 13.2 Å². The molecule has 2 aromatic carbocycles. The van der Waals surface area contributed by atoms with Gasteiger partial charge in [-0.15, -0.1) is 11.3 Å². The number of anilines is 1. The summed E-state index contributed by atoms with van der Waals surface area (Å²) in [4.78, 5) is 14.3. The molecule has 0 radical (unpaired) electrons. The van der Waals surface area contributed by atoms with Crippen molar-refractivity contribution in [2.24, 2.45) is 0 Å². The number of fused-ring (bicyclic) bond motifs is 3. The minimum atomic E-state index is -3.40. The Hall–Kier alpha value is -2.84. The molecule has 6 nitrogen and oxygen atoms in total. The molecule has 1 aliphatic rings. The summed E-state index contributed by atoms with van der Waals surface area (Å²) in [6.45, 7) is 0.657. The van der Waals surface area contributed by atoms with Gasteiger partial charge in [0.15, 0.2) is 0 Å². The van der Waals surface area contributed by atoms with Crippen LogP contribution in [0.2, 0.25) is 0 Å². The lowest BCUT2D eigenvalue weighted by Crippen LogP contribution is -2.23. The monoisotopic (exact) mass is 414 g/mol. The van der Waals surface area contributed by atoms with Gasteiger partial charge in [-0.25, -0.2) is 8.42 Å². The van der Waals surface area contributed by atoms with E-state index in [1.165, 1.54) is 11.3 Å². The third kappa shape index (κ3) is 3.88. The third-order valence-electron chi connectivity index (χ3n) is 4.30. The van der Waals surface area contributed by atoms with Gasteiger partial charge in [0.05, 0.1) is 16.8 Å². The normalized spacial score (nSPS) is 12.5. The molecule has 0 saturated carbocycles. The van der Waals surface area contributed by atoms with Crippen LogP contribution in [0, 0.1) is 0 Å². The van der Waals surface area contributed by atoms with Crippen LogP contribution < -0.4 is 14.8 Å². The Balaban J connectivity index is 1.52. The van der Waals surface area contributed by atoms with Gasteiger partial charge < -0.3 is 10.1 Å². The summed E-state index contributed by atoms with van der Waals surface area (Å²) < 4.78 is 31.2. The molecule has 0 saturated heterocycles. The van der Waals surface area contributed by atoms with Crippen molar-refractivity contribution in [2.75, 3.05) is 11.0 Å². The maximum Gasteiger partial charge on any atom is 0.261 e. The largest absolute Gasteiger partial charge is 0.488 e. The zero-order chi connectivity index (χ0) is 19.7. The fraction of sp³-hybridized carbons (Fsp3) is 0.150. The number of thiophene rings is 1. The molecule has 3 aromatic rings. The Morgan fingerprint density at radius 1 is 1.14 bits per heavy atom. The van der Waals surface area contributed by atoms with E-state index in [-0.39, 0.29) is 12.5 Å². The molecule has 1 aromatic heterocycles. The fourth-order valence-corrected chi connectivity index (χ4v) is 4.76. The first kappa shape index (κ1) is 18.5. The van der Waals surface area contributed by atoms with Crippen molar-refractivity contribution < 1.29 is 17.9 Å². The predicted molar refractivity (Wildman–Crippen MR) is 110 cm³/mol. The average molecular weight is 415 g/mol. The Morgan fingerprint density at radius 2 is 1.89 bits per heavy atom. The van der Waals surface area contributed by atoms with Gasteiger partial charge in [-0.3, -0.25) is 9.52 Å². The van der Waals surface area contributed by atoms with E-state index in [1.807, 2.05) is 30.3 Å². The minimum Gasteiger partial charge on any atom is -0.488 e. The van der Waals surface area contributed by atoms with Crippen LogP contribution in [0.15, 0.2) is 54.6 Å². The van der Waals surface area contributed by atoms with E-state index in [9.17, 15) is 13.2 Å². The van der Waals surface area contributed by atoms with E-state index in [2.05, 4.69) is 10.0 Å². The second kappa shape index (κ2) is 7.29. The van der Waals surface area contributed by atoms with E-state index in [0.29, 0.717) is 22.7 Å². The van der Waals surface area contributed by atoms with Gasteiger partial charge in [-0.1, -0.05) is 30.3 Å². The molecule has 0 spiro atoms. The van der Waals surface area contributed by atoms with Gasteiger partial charge >= 0.3 is 0 Å². The highest BCUT2D eigenvalue weighted by atomic mass is 32.2. The highest BCUT2D eigenvalue weighted by molar-refractivity contribution is 7.92. The molecular weight excluding hydrogens is 396 g/mol. The number of carbonyl (C=O) groups excluding carboxylic acids is 1. The number of benzene rings is 2. The maximum absolute atomic E-state index is 12.7. The number of para-hydroxylation sites is 2. The van der Waals surface area contributed by atoms with Crippen LogP contribution in [0.5, 0.6) is 5.75 Å². The van der Waals surface area contributed by atoms with E-state index in [4.69, 9.17) is 4.74 Å². The summed E-state index contributed by atoms with van der Waals surface area (Å²) in [6, 6.07) is 16.6. The molecule has 2 heterocycles. The molecule has 0 fully saturated rings. The Kier molecular flexibility index (Phi) is 4.82. The number of ether oxygens (including phenoxy) is 1. The molecule has 0 bridgehead atoms. The average Bonchev–Trinajstić information content (AvgIpc) is 3.11. The highest BCUT2D eigenvalue weighted by Crippen LogP contribution is 2.42. The molecule has 1 amide bonds.